The molecule has 1 heterocycles. The summed E-state index contributed by atoms with van der Waals surface area (Å²) in [4.78, 5) is 10.2. The van der Waals surface area contributed by atoms with Gasteiger partial charge in [-0.25, -0.2) is 4.39 Å². The molecule has 0 atom stereocenters. The zero-order valence-corrected chi connectivity index (χ0v) is 10.9. The first-order chi connectivity index (χ1) is 9.63. The number of hydrogen-bond acceptors (Lipinski definition) is 5. The van der Waals surface area contributed by atoms with Crippen LogP contribution < -0.4 is 10.5 Å². The first kappa shape index (κ1) is 14.6. The van der Waals surface area contributed by atoms with E-state index in [9.17, 15) is 9.18 Å². The monoisotopic (exact) mass is 281 g/mol. The third-order valence-corrected chi connectivity index (χ3v) is 2.80. The van der Waals surface area contributed by atoms with Gasteiger partial charge in [-0.05, 0) is 24.3 Å². The molecule has 0 aliphatic carbocycles. The van der Waals surface area contributed by atoms with E-state index in [-0.39, 0.29) is 6.79 Å². The Bertz CT molecular complexity index is 500. The van der Waals surface area contributed by atoms with Crippen LogP contribution in [0.1, 0.15) is 5.56 Å². The molecule has 2 N–H and O–H groups in total. The quantitative estimate of drug-likeness (QED) is 0.351. The van der Waals surface area contributed by atoms with Crippen molar-refractivity contribution in [3.8, 4) is 5.75 Å². The van der Waals surface area contributed by atoms with Crippen molar-refractivity contribution in [3.63, 3.8) is 0 Å². The minimum Gasteiger partial charge on any atom is -0.467 e. The predicted octanol–water partition coefficient (Wildman–Crippen LogP) is 1.12. The number of rotatable bonds is 7. The lowest BCUT2D eigenvalue weighted by Crippen LogP contribution is -2.60. The van der Waals surface area contributed by atoms with Crippen molar-refractivity contribution in [2.75, 3.05) is 26.6 Å². The number of ether oxygens (including phenoxy) is 3. The Morgan fingerprint density at radius 3 is 2.85 bits per heavy atom. The Morgan fingerprint density at radius 2 is 2.25 bits per heavy atom. The molecule has 0 amide bonds. The summed E-state index contributed by atoms with van der Waals surface area (Å²) in [6, 6.07) is 4.36. The van der Waals surface area contributed by atoms with Gasteiger partial charge in [0.05, 0.1) is 25.4 Å². The van der Waals surface area contributed by atoms with Crippen molar-refractivity contribution in [3.05, 3.63) is 35.7 Å². The van der Waals surface area contributed by atoms with Crippen molar-refractivity contribution < 1.29 is 23.4 Å². The highest BCUT2D eigenvalue weighted by molar-refractivity contribution is 5.74. The van der Waals surface area contributed by atoms with Gasteiger partial charge in [-0.15, -0.1) is 0 Å². The van der Waals surface area contributed by atoms with Gasteiger partial charge >= 0.3 is 0 Å². The van der Waals surface area contributed by atoms with Crippen molar-refractivity contribution in [2.24, 2.45) is 5.73 Å². The molecule has 0 aromatic heterocycles. The Morgan fingerprint density at radius 1 is 1.45 bits per heavy atom. The maximum atomic E-state index is 13.6. The Labute approximate surface area is 116 Å². The van der Waals surface area contributed by atoms with Crippen LogP contribution in [0.25, 0.3) is 6.08 Å². The minimum atomic E-state index is -0.469. The molecule has 1 fully saturated rings. The number of allylic oxidation sites excluding steroid dienone is 1. The molecule has 20 heavy (non-hydrogen) atoms. The van der Waals surface area contributed by atoms with E-state index in [4.69, 9.17) is 19.9 Å². The molecule has 0 saturated carbocycles. The minimum absolute atomic E-state index is 0.0120. The molecular weight excluding hydrogens is 265 g/mol. The maximum absolute atomic E-state index is 13.6. The molecule has 1 aromatic rings. The number of aldehydes is 1. The van der Waals surface area contributed by atoms with E-state index < -0.39 is 11.4 Å². The summed E-state index contributed by atoms with van der Waals surface area (Å²) in [6.07, 6.45) is 3.20. The molecule has 0 unspecified atom stereocenters. The summed E-state index contributed by atoms with van der Waals surface area (Å²) in [5, 5.41) is 0. The number of benzene rings is 1. The average Bonchev–Trinajstić information content (AvgIpc) is 2.41. The van der Waals surface area contributed by atoms with Crippen LogP contribution in [0.4, 0.5) is 4.39 Å². The maximum Gasteiger partial charge on any atom is 0.189 e. The molecule has 0 radical (unpaired) electrons. The smallest absolute Gasteiger partial charge is 0.189 e. The van der Waals surface area contributed by atoms with E-state index in [1.54, 1.807) is 6.07 Å². The van der Waals surface area contributed by atoms with E-state index in [0.717, 1.165) is 0 Å². The third kappa shape index (κ3) is 3.86. The van der Waals surface area contributed by atoms with Crippen LogP contribution >= 0.6 is 0 Å². The lowest BCUT2D eigenvalue weighted by Gasteiger charge is -2.37. The zero-order chi connectivity index (χ0) is 14.4. The molecule has 2 rings (SSSR count). The molecule has 0 spiro atoms. The normalized spacial score (nSPS) is 16.9. The van der Waals surface area contributed by atoms with E-state index in [1.807, 2.05) is 0 Å². The van der Waals surface area contributed by atoms with Crippen LogP contribution in [0.15, 0.2) is 24.3 Å². The summed E-state index contributed by atoms with van der Waals surface area (Å²) < 4.78 is 29.1. The molecule has 6 heteroatoms. The van der Waals surface area contributed by atoms with Crippen molar-refractivity contribution in [1.82, 2.24) is 0 Å². The number of hydrogen-bond donors (Lipinski definition) is 1. The average molecular weight is 281 g/mol. The molecule has 1 aromatic carbocycles. The van der Waals surface area contributed by atoms with E-state index in [0.29, 0.717) is 37.4 Å². The fourth-order valence-electron chi connectivity index (χ4n) is 1.68. The van der Waals surface area contributed by atoms with Crippen molar-refractivity contribution in [1.29, 1.82) is 0 Å². The molecule has 1 aliphatic heterocycles. The van der Waals surface area contributed by atoms with Crippen LogP contribution in [-0.2, 0) is 14.3 Å². The first-order valence-corrected chi connectivity index (χ1v) is 6.11. The second kappa shape index (κ2) is 6.60. The largest absolute Gasteiger partial charge is 0.467 e. The highest BCUT2D eigenvalue weighted by Crippen LogP contribution is 2.18. The second-order valence-electron chi connectivity index (χ2n) is 4.64. The van der Waals surface area contributed by atoms with E-state index >= 15 is 0 Å². The zero-order valence-electron chi connectivity index (χ0n) is 10.9. The van der Waals surface area contributed by atoms with Gasteiger partial charge in [0, 0.05) is 11.6 Å². The van der Waals surface area contributed by atoms with Gasteiger partial charge in [-0.3, -0.25) is 4.79 Å². The number of carbonyl (C=O) groups excluding carboxylic acids is 1. The Balaban J connectivity index is 1.79. The lowest BCUT2D eigenvalue weighted by molar-refractivity contribution is -0.109. The van der Waals surface area contributed by atoms with Crippen LogP contribution in [0.3, 0.4) is 0 Å². The number of nitrogens with two attached hydrogens (primary N) is 1. The van der Waals surface area contributed by atoms with Crippen LogP contribution in [0.2, 0.25) is 0 Å². The van der Waals surface area contributed by atoms with Crippen molar-refractivity contribution >= 4 is 12.4 Å². The Kier molecular flexibility index (Phi) is 4.84. The van der Waals surface area contributed by atoms with Crippen LogP contribution in [0.5, 0.6) is 5.75 Å². The number of halogens is 1. The van der Waals surface area contributed by atoms with Gasteiger partial charge in [0.25, 0.3) is 0 Å². The number of carbonyl (C=O) groups is 1. The second-order valence-corrected chi connectivity index (χ2v) is 4.64. The lowest BCUT2D eigenvalue weighted by atomic mass is 10.0. The molecule has 5 nitrogen and oxygen atoms in total. The summed E-state index contributed by atoms with van der Waals surface area (Å²) >= 11 is 0. The molecule has 1 saturated heterocycles. The molecule has 108 valence electrons. The topological polar surface area (TPSA) is 70.8 Å². The Hall–Kier alpha value is -1.76. The summed E-state index contributed by atoms with van der Waals surface area (Å²) in [5.74, 6) is -0.120. The highest BCUT2D eigenvalue weighted by Gasteiger charge is 2.34. The van der Waals surface area contributed by atoms with Crippen molar-refractivity contribution in [2.45, 2.75) is 5.54 Å². The van der Waals surface area contributed by atoms with Gasteiger partial charge in [0.2, 0.25) is 0 Å². The molecule has 1 aliphatic rings. The van der Waals surface area contributed by atoms with E-state index in [1.165, 1.54) is 24.3 Å². The van der Waals surface area contributed by atoms with Gasteiger partial charge in [0.1, 0.15) is 17.9 Å². The fourth-order valence-corrected chi connectivity index (χ4v) is 1.68. The summed E-state index contributed by atoms with van der Waals surface area (Å²) in [5.41, 5.74) is 5.76. The van der Waals surface area contributed by atoms with Gasteiger partial charge in [-0.1, -0.05) is 0 Å². The molecular formula is C14H16FNO4. The first-order valence-electron chi connectivity index (χ1n) is 6.11. The van der Waals surface area contributed by atoms with Gasteiger partial charge in [0.15, 0.2) is 6.79 Å². The van der Waals surface area contributed by atoms with E-state index in [2.05, 4.69) is 0 Å². The van der Waals surface area contributed by atoms with Crippen LogP contribution in [-0.4, -0.2) is 38.4 Å². The summed E-state index contributed by atoms with van der Waals surface area (Å²) in [6.45, 7) is 1.26. The third-order valence-electron chi connectivity index (χ3n) is 2.80. The van der Waals surface area contributed by atoms with Crippen LogP contribution in [0, 0.1) is 5.82 Å². The van der Waals surface area contributed by atoms with Gasteiger partial charge in [-0.2, -0.15) is 0 Å². The SMILES string of the molecule is NC1(COCOc2ccc(/C=C/C=O)c(F)c2)COC1. The predicted molar refractivity (Wildman–Crippen MR) is 70.7 cm³/mol. The standard InChI is InChI=1S/C14H16FNO4/c15-13-6-12(4-3-11(13)2-1-5-17)20-10-19-9-14(16)7-18-8-14/h1-6H,7-10,16H2/b2-1+. The molecule has 0 bridgehead atoms. The summed E-state index contributed by atoms with van der Waals surface area (Å²) in [7, 11) is 0. The fraction of sp³-hybridized carbons (Fsp3) is 0.357. The highest BCUT2D eigenvalue weighted by atomic mass is 19.1. The van der Waals surface area contributed by atoms with Gasteiger partial charge < -0.3 is 19.9 Å².